The third-order valence-electron chi connectivity index (χ3n) is 2.67. The van der Waals surface area contributed by atoms with E-state index in [0.717, 1.165) is 5.56 Å². The van der Waals surface area contributed by atoms with Gasteiger partial charge in [0.15, 0.2) is 0 Å². The molecule has 1 aliphatic heterocycles. The third kappa shape index (κ3) is 2.68. The molecule has 0 unspecified atom stereocenters. The van der Waals surface area contributed by atoms with Gasteiger partial charge in [-0.2, -0.15) is 0 Å². The molecular formula is C12H13FN2O2. The van der Waals surface area contributed by atoms with Crippen molar-refractivity contribution in [3.63, 3.8) is 0 Å². The Kier molecular flexibility index (Phi) is 3.19. The van der Waals surface area contributed by atoms with Gasteiger partial charge in [0, 0.05) is 0 Å². The molecule has 0 aliphatic carbocycles. The van der Waals surface area contributed by atoms with E-state index in [4.69, 9.17) is 0 Å². The van der Waals surface area contributed by atoms with Crippen LogP contribution in [-0.2, 0) is 16.1 Å². The van der Waals surface area contributed by atoms with Gasteiger partial charge in [-0.05, 0) is 24.7 Å². The minimum Gasteiger partial charge on any atom is -0.289 e. The number of hydrogen-bond donors (Lipinski definition) is 0. The lowest BCUT2D eigenvalue weighted by atomic mass is 10.2. The van der Waals surface area contributed by atoms with Crippen LogP contribution in [-0.4, -0.2) is 41.8 Å². The van der Waals surface area contributed by atoms with E-state index in [9.17, 15) is 14.0 Å². The average Bonchev–Trinajstić information content (AvgIpc) is 2.26. The summed E-state index contributed by atoms with van der Waals surface area (Å²) >= 11 is 0. The molecule has 5 heteroatoms. The summed E-state index contributed by atoms with van der Waals surface area (Å²) in [6, 6.07) is 5.79. The number of nitrogens with zero attached hydrogens (tertiary/aromatic N) is 2. The fourth-order valence-corrected chi connectivity index (χ4v) is 1.78. The van der Waals surface area contributed by atoms with E-state index < -0.39 is 0 Å². The molecule has 0 N–H and O–H groups in total. The van der Waals surface area contributed by atoms with Gasteiger partial charge in [-0.1, -0.05) is 12.1 Å². The average molecular weight is 236 g/mol. The van der Waals surface area contributed by atoms with E-state index in [1.54, 1.807) is 24.1 Å². The molecule has 1 fully saturated rings. The molecule has 1 aromatic rings. The fraction of sp³-hybridized carbons (Fsp3) is 0.333. The zero-order chi connectivity index (χ0) is 12.4. The predicted molar refractivity (Wildman–Crippen MR) is 59.5 cm³/mol. The Morgan fingerprint density at radius 3 is 2.18 bits per heavy atom. The fourth-order valence-electron chi connectivity index (χ4n) is 1.78. The first-order valence-corrected chi connectivity index (χ1v) is 5.32. The molecule has 1 aromatic carbocycles. The molecule has 4 nitrogen and oxygen atoms in total. The Labute approximate surface area is 98.6 Å². The molecule has 0 radical (unpaired) electrons. The number of benzene rings is 1. The number of halogens is 1. The van der Waals surface area contributed by atoms with Crippen LogP contribution in [0.1, 0.15) is 5.56 Å². The molecule has 17 heavy (non-hydrogen) atoms. The molecule has 1 aliphatic rings. The van der Waals surface area contributed by atoms with Crippen molar-refractivity contribution in [2.45, 2.75) is 6.54 Å². The maximum Gasteiger partial charge on any atom is 0.243 e. The van der Waals surface area contributed by atoms with Crippen LogP contribution in [0.25, 0.3) is 0 Å². The zero-order valence-corrected chi connectivity index (χ0v) is 9.52. The first-order chi connectivity index (χ1) is 8.06. The van der Waals surface area contributed by atoms with Gasteiger partial charge in [0.2, 0.25) is 11.8 Å². The highest BCUT2D eigenvalue weighted by atomic mass is 19.1. The molecule has 2 amide bonds. The molecule has 0 atom stereocenters. The lowest BCUT2D eigenvalue weighted by Gasteiger charge is -2.30. The van der Waals surface area contributed by atoms with Gasteiger partial charge in [-0.3, -0.25) is 19.4 Å². The van der Waals surface area contributed by atoms with E-state index in [-0.39, 0.29) is 37.3 Å². The van der Waals surface area contributed by atoms with Crippen LogP contribution in [0, 0.1) is 5.82 Å². The first-order valence-electron chi connectivity index (χ1n) is 5.32. The third-order valence-corrected chi connectivity index (χ3v) is 2.67. The highest BCUT2D eigenvalue weighted by molar-refractivity contribution is 5.99. The molecule has 2 rings (SSSR count). The van der Waals surface area contributed by atoms with Crippen LogP contribution in [0.15, 0.2) is 24.3 Å². The van der Waals surface area contributed by atoms with Crippen molar-refractivity contribution in [2.75, 3.05) is 20.1 Å². The number of carbonyl (C=O) groups is 2. The van der Waals surface area contributed by atoms with E-state index in [1.807, 2.05) is 0 Å². The van der Waals surface area contributed by atoms with E-state index in [1.165, 1.54) is 17.0 Å². The van der Waals surface area contributed by atoms with E-state index in [2.05, 4.69) is 0 Å². The van der Waals surface area contributed by atoms with Gasteiger partial charge in [0.05, 0.1) is 19.6 Å². The van der Waals surface area contributed by atoms with Crippen molar-refractivity contribution in [3.05, 3.63) is 35.6 Å². The largest absolute Gasteiger partial charge is 0.289 e. The van der Waals surface area contributed by atoms with E-state index in [0.29, 0.717) is 0 Å². The van der Waals surface area contributed by atoms with Gasteiger partial charge in [0.1, 0.15) is 5.82 Å². The number of imide groups is 1. The summed E-state index contributed by atoms with van der Waals surface area (Å²) in [5.74, 6) is -0.758. The first kappa shape index (κ1) is 11.7. The van der Waals surface area contributed by atoms with Gasteiger partial charge < -0.3 is 0 Å². The molecule has 1 saturated heterocycles. The summed E-state index contributed by atoms with van der Waals surface area (Å²) in [6.45, 7) is 0.700. The number of amides is 2. The van der Waals surface area contributed by atoms with Crippen LogP contribution >= 0.6 is 0 Å². The normalized spacial score (nSPS) is 17.6. The van der Waals surface area contributed by atoms with Crippen molar-refractivity contribution in [1.82, 2.24) is 9.80 Å². The van der Waals surface area contributed by atoms with Crippen LogP contribution in [0.3, 0.4) is 0 Å². The highest BCUT2D eigenvalue weighted by Gasteiger charge is 2.28. The van der Waals surface area contributed by atoms with Crippen molar-refractivity contribution in [1.29, 1.82) is 0 Å². The van der Waals surface area contributed by atoms with Crippen LogP contribution < -0.4 is 0 Å². The number of piperazine rings is 1. The summed E-state index contributed by atoms with van der Waals surface area (Å²) in [5.41, 5.74) is 0.748. The van der Waals surface area contributed by atoms with Gasteiger partial charge >= 0.3 is 0 Å². The minimum atomic E-state index is -0.329. The lowest BCUT2D eigenvalue weighted by Crippen LogP contribution is -2.52. The molecule has 0 bridgehead atoms. The van der Waals surface area contributed by atoms with Crippen molar-refractivity contribution in [3.8, 4) is 0 Å². The molecular weight excluding hydrogens is 223 g/mol. The van der Waals surface area contributed by atoms with E-state index >= 15 is 0 Å². The predicted octanol–water partition coefficient (Wildman–Crippen LogP) is 0.626. The number of likely N-dealkylation sites (N-methyl/N-ethyl adjacent to an activating group) is 1. The van der Waals surface area contributed by atoms with Crippen molar-refractivity contribution < 1.29 is 14.0 Å². The summed E-state index contributed by atoms with van der Waals surface area (Å²) in [4.78, 5) is 26.2. The molecule has 0 aromatic heterocycles. The second-order valence-electron chi connectivity index (χ2n) is 4.17. The lowest BCUT2D eigenvalue weighted by molar-refractivity contribution is -0.151. The Bertz CT molecular complexity index is 426. The maximum atomic E-state index is 12.7. The SMILES string of the molecule is CN1CC(=O)N(Cc2ccc(F)cc2)C(=O)C1. The van der Waals surface area contributed by atoms with Crippen molar-refractivity contribution >= 4 is 11.8 Å². The molecule has 0 spiro atoms. The summed E-state index contributed by atoms with van der Waals surface area (Å²) in [6.07, 6.45) is 0. The summed E-state index contributed by atoms with van der Waals surface area (Å²) in [5, 5.41) is 0. The molecule has 0 saturated carbocycles. The second-order valence-corrected chi connectivity index (χ2v) is 4.17. The number of hydrogen-bond acceptors (Lipinski definition) is 3. The monoisotopic (exact) mass is 236 g/mol. The van der Waals surface area contributed by atoms with Gasteiger partial charge in [-0.25, -0.2) is 4.39 Å². The Morgan fingerprint density at radius 2 is 1.65 bits per heavy atom. The quantitative estimate of drug-likeness (QED) is 0.707. The van der Waals surface area contributed by atoms with Gasteiger partial charge in [0.25, 0.3) is 0 Å². The number of rotatable bonds is 2. The van der Waals surface area contributed by atoms with Crippen LogP contribution in [0.2, 0.25) is 0 Å². The highest BCUT2D eigenvalue weighted by Crippen LogP contribution is 2.10. The molecule has 1 heterocycles. The Morgan fingerprint density at radius 1 is 1.12 bits per heavy atom. The minimum absolute atomic E-state index is 0.214. The standard InChI is InChI=1S/C12H13FN2O2/c1-14-7-11(16)15(12(17)8-14)6-9-2-4-10(13)5-3-9/h2-5H,6-8H2,1H3. The Hall–Kier alpha value is -1.75. The Balaban J connectivity index is 2.10. The van der Waals surface area contributed by atoms with Crippen molar-refractivity contribution in [2.24, 2.45) is 0 Å². The van der Waals surface area contributed by atoms with Gasteiger partial charge in [-0.15, -0.1) is 0 Å². The van der Waals surface area contributed by atoms with Crippen LogP contribution in [0.5, 0.6) is 0 Å². The summed E-state index contributed by atoms with van der Waals surface area (Å²) < 4.78 is 12.7. The molecule has 90 valence electrons. The number of carbonyl (C=O) groups excluding carboxylic acids is 2. The van der Waals surface area contributed by atoms with Crippen LogP contribution in [0.4, 0.5) is 4.39 Å². The summed E-state index contributed by atoms with van der Waals surface area (Å²) in [7, 11) is 1.73. The topological polar surface area (TPSA) is 40.6 Å². The second kappa shape index (κ2) is 4.63. The smallest absolute Gasteiger partial charge is 0.243 e. The maximum absolute atomic E-state index is 12.7. The zero-order valence-electron chi connectivity index (χ0n) is 9.52.